The molecule has 0 radical (unpaired) electrons. The highest BCUT2D eigenvalue weighted by Gasteiger charge is 2.11. The van der Waals surface area contributed by atoms with Crippen molar-refractivity contribution >= 4 is 28.4 Å². The van der Waals surface area contributed by atoms with Gasteiger partial charge in [0, 0.05) is 11.4 Å². The number of benzene rings is 1. The molecule has 0 N–H and O–H groups in total. The van der Waals surface area contributed by atoms with Crippen molar-refractivity contribution in [2.45, 2.75) is 19.9 Å². The van der Waals surface area contributed by atoms with Gasteiger partial charge in [0.2, 0.25) is 0 Å². The number of halogens is 1. The average molecular weight is 318 g/mol. The summed E-state index contributed by atoms with van der Waals surface area (Å²) in [5, 5.41) is 4.21. The molecule has 2 nitrogen and oxygen atoms in total. The van der Waals surface area contributed by atoms with E-state index < -0.39 is 0 Å². The SMILES string of the molecule is CC(C)n1c(-c2cccs2)csc1=Nc1ccc(F)cc1. The summed E-state index contributed by atoms with van der Waals surface area (Å²) >= 11 is 3.33. The first-order valence-electron chi connectivity index (χ1n) is 6.69. The van der Waals surface area contributed by atoms with Crippen LogP contribution in [0.3, 0.4) is 0 Å². The molecule has 0 fully saturated rings. The topological polar surface area (TPSA) is 17.3 Å². The lowest BCUT2D eigenvalue weighted by Gasteiger charge is -2.11. The quantitative estimate of drug-likeness (QED) is 0.629. The molecule has 0 aliphatic heterocycles. The second kappa shape index (κ2) is 5.95. The normalized spacial score (nSPS) is 12.3. The van der Waals surface area contributed by atoms with Crippen LogP contribution in [0.1, 0.15) is 19.9 Å². The van der Waals surface area contributed by atoms with E-state index in [1.165, 1.54) is 22.7 Å². The standard InChI is InChI=1S/C16H15FN2S2/c1-11(2)19-14(15-4-3-9-20-15)10-21-16(19)18-13-7-5-12(17)6-8-13/h3-11H,1-2H3. The molecule has 0 aliphatic rings. The predicted molar refractivity (Wildman–Crippen MR) is 87.6 cm³/mol. The summed E-state index contributed by atoms with van der Waals surface area (Å²) in [5.41, 5.74) is 1.95. The van der Waals surface area contributed by atoms with Gasteiger partial charge in [-0.05, 0) is 49.6 Å². The molecule has 21 heavy (non-hydrogen) atoms. The summed E-state index contributed by atoms with van der Waals surface area (Å²) in [6, 6.07) is 10.8. The third-order valence-electron chi connectivity index (χ3n) is 3.08. The minimum absolute atomic E-state index is 0.240. The van der Waals surface area contributed by atoms with E-state index in [9.17, 15) is 4.39 Å². The maximum Gasteiger partial charge on any atom is 0.190 e. The zero-order chi connectivity index (χ0) is 14.8. The van der Waals surface area contributed by atoms with E-state index in [-0.39, 0.29) is 5.82 Å². The zero-order valence-electron chi connectivity index (χ0n) is 11.8. The fourth-order valence-electron chi connectivity index (χ4n) is 2.13. The molecule has 0 atom stereocenters. The molecule has 108 valence electrons. The molecule has 5 heteroatoms. The number of hydrogen-bond donors (Lipinski definition) is 0. The van der Waals surface area contributed by atoms with Crippen LogP contribution in [0.15, 0.2) is 52.2 Å². The molecule has 0 bridgehead atoms. The summed E-state index contributed by atoms with van der Waals surface area (Å²) in [6.45, 7) is 4.29. The molecule has 0 saturated heterocycles. The molecule has 0 saturated carbocycles. The van der Waals surface area contributed by atoms with Crippen LogP contribution >= 0.6 is 22.7 Å². The van der Waals surface area contributed by atoms with E-state index in [1.54, 1.807) is 34.8 Å². The molecule has 3 aromatic rings. The molecule has 0 amide bonds. The van der Waals surface area contributed by atoms with Gasteiger partial charge < -0.3 is 4.57 Å². The number of rotatable bonds is 3. The Hall–Kier alpha value is -1.72. The highest BCUT2D eigenvalue weighted by Crippen LogP contribution is 2.27. The van der Waals surface area contributed by atoms with Crippen molar-refractivity contribution < 1.29 is 4.39 Å². The van der Waals surface area contributed by atoms with Crippen molar-refractivity contribution in [3.8, 4) is 10.6 Å². The monoisotopic (exact) mass is 318 g/mol. The first kappa shape index (κ1) is 14.2. The summed E-state index contributed by atoms with van der Waals surface area (Å²) in [5.74, 6) is -0.240. The van der Waals surface area contributed by atoms with Gasteiger partial charge in [-0.25, -0.2) is 9.38 Å². The van der Waals surface area contributed by atoms with E-state index in [0.29, 0.717) is 6.04 Å². The lowest BCUT2D eigenvalue weighted by atomic mass is 10.3. The molecule has 0 aliphatic carbocycles. The Morgan fingerprint density at radius 3 is 2.48 bits per heavy atom. The Kier molecular flexibility index (Phi) is 4.03. The van der Waals surface area contributed by atoms with Crippen molar-refractivity contribution in [2.75, 3.05) is 0 Å². The fourth-order valence-corrected chi connectivity index (χ4v) is 3.98. The lowest BCUT2D eigenvalue weighted by molar-refractivity contribution is 0.591. The predicted octanol–water partition coefficient (Wildman–Crippen LogP) is 5.23. The largest absolute Gasteiger partial charge is 0.313 e. The van der Waals surface area contributed by atoms with Gasteiger partial charge in [0.25, 0.3) is 0 Å². The number of hydrogen-bond acceptors (Lipinski definition) is 3. The van der Waals surface area contributed by atoms with E-state index in [4.69, 9.17) is 0 Å². The van der Waals surface area contributed by atoms with E-state index in [0.717, 1.165) is 10.5 Å². The van der Waals surface area contributed by atoms with Crippen LogP contribution in [0.4, 0.5) is 10.1 Å². The Morgan fingerprint density at radius 1 is 1.10 bits per heavy atom. The van der Waals surface area contributed by atoms with Gasteiger partial charge in [-0.15, -0.1) is 22.7 Å². The van der Waals surface area contributed by atoms with Gasteiger partial charge in [-0.1, -0.05) is 6.07 Å². The van der Waals surface area contributed by atoms with Crippen molar-refractivity contribution in [3.05, 3.63) is 57.8 Å². The molecule has 2 aromatic heterocycles. The second-order valence-corrected chi connectivity index (χ2v) is 6.72. The van der Waals surface area contributed by atoms with Gasteiger partial charge >= 0.3 is 0 Å². The number of thiophene rings is 1. The summed E-state index contributed by atoms with van der Waals surface area (Å²) in [4.78, 5) is 6.82. The Morgan fingerprint density at radius 2 is 1.86 bits per heavy atom. The van der Waals surface area contributed by atoms with Crippen LogP contribution in [-0.4, -0.2) is 4.57 Å². The first-order chi connectivity index (χ1) is 10.1. The van der Waals surface area contributed by atoms with Crippen molar-refractivity contribution in [3.63, 3.8) is 0 Å². The smallest absolute Gasteiger partial charge is 0.190 e. The van der Waals surface area contributed by atoms with Gasteiger partial charge in [0.05, 0.1) is 16.3 Å². The molecule has 2 heterocycles. The van der Waals surface area contributed by atoms with Crippen LogP contribution in [0, 0.1) is 5.82 Å². The molecular formula is C16H15FN2S2. The summed E-state index contributed by atoms with van der Waals surface area (Å²) < 4.78 is 15.2. The average Bonchev–Trinajstić information content (AvgIpc) is 3.10. The number of thiazole rings is 1. The molecule has 0 spiro atoms. The van der Waals surface area contributed by atoms with Gasteiger partial charge in [0.15, 0.2) is 4.80 Å². The molecular weight excluding hydrogens is 303 g/mol. The Bertz CT molecular complexity index is 781. The van der Waals surface area contributed by atoms with E-state index >= 15 is 0 Å². The number of aromatic nitrogens is 1. The van der Waals surface area contributed by atoms with Crippen molar-refractivity contribution in [1.82, 2.24) is 4.57 Å². The second-order valence-electron chi connectivity index (χ2n) is 4.93. The Balaban J connectivity index is 2.13. The van der Waals surface area contributed by atoms with Crippen LogP contribution in [-0.2, 0) is 0 Å². The van der Waals surface area contributed by atoms with E-state index in [2.05, 4.69) is 46.3 Å². The lowest BCUT2D eigenvalue weighted by Crippen LogP contribution is -2.17. The maximum atomic E-state index is 13.0. The highest BCUT2D eigenvalue weighted by atomic mass is 32.1. The van der Waals surface area contributed by atoms with Crippen molar-refractivity contribution in [1.29, 1.82) is 0 Å². The molecule has 1 aromatic carbocycles. The van der Waals surface area contributed by atoms with Crippen LogP contribution in [0.25, 0.3) is 10.6 Å². The van der Waals surface area contributed by atoms with E-state index in [1.807, 2.05) is 0 Å². The summed E-state index contributed by atoms with van der Waals surface area (Å²) in [6.07, 6.45) is 0. The van der Waals surface area contributed by atoms with Crippen LogP contribution in [0.5, 0.6) is 0 Å². The van der Waals surface area contributed by atoms with Crippen LogP contribution in [0.2, 0.25) is 0 Å². The minimum atomic E-state index is -0.240. The number of nitrogens with zero attached hydrogens (tertiary/aromatic N) is 2. The van der Waals surface area contributed by atoms with Gasteiger partial charge in [-0.3, -0.25) is 0 Å². The Labute approximate surface area is 130 Å². The van der Waals surface area contributed by atoms with Gasteiger partial charge in [-0.2, -0.15) is 0 Å². The summed E-state index contributed by atoms with van der Waals surface area (Å²) in [7, 11) is 0. The fraction of sp³-hybridized carbons (Fsp3) is 0.188. The molecule has 0 unspecified atom stereocenters. The zero-order valence-corrected chi connectivity index (χ0v) is 13.4. The van der Waals surface area contributed by atoms with Gasteiger partial charge in [0.1, 0.15) is 5.82 Å². The molecule has 3 rings (SSSR count). The minimum Gasteiger partial charge on any atom is -0.313 e. The third-order valence-corrected chi connectivity index (χ3v) is 4.82. The maximum absolute atomic E-state index is 13.0. The van der Waals surface area contributed by atoms with Crippen molar-refractivity contribution in [2.24, 2.45) is 4.99 Å². The third kappa shape index (κ3) is 2.99. The van der Waals surface area contributed by atoms with Crippen LogP contribution < -0.4 is 4.80 Å². The highest BCUT2D eigenvalue weighted by molar-refractivity contribution is 7.14. The first-order valence-corrected chi connectivity index (χ1v) is 8.45.